The molecule has 0 unspecified atom stereocenters. The zero-order valence-corrected chi connectivity index (χ0v) is 18.9. The Morgan fingerprint density at radius 3 is 2.16 bits per heavy atom. The van der Waals surface area contributed by atoms with E-state index in [1.807, 2.05) is 0 Å². The number of likely N-dealkylation sites (tertiary alicyclic amines) is 1. The van der Waals surface area contributed by atoms with Gasteiger partial charge in [0.1, 0.15) is 0 Å². The number of rotatable bonds is 6. The van der Waals surface area contributed by atoms with Crippen molar-refractivity contribution in [3.63, 3.8) is 0 Å². The number of carbonyl (C=O) groups is 2. The second-order valence-electron chi connectivity index (χ2n) is 8.31. The summed E-state index contributed by atoms with van der Waals surface area (Å²) in [5, 5.41) is 0.584. The highest BCUT2D eigenvalue weighted by Gasteiger charge is 2.47. The maximum Gasteiger partial charge on any atom is 0.241 e. The Hall–Kier alpha value is -2.22. The van der Waals surface area contributed by atoms with Crippen LogP contribution in [-0.4, -0.2) is 25.1 Å². The number of hydrogen-bond donors (Lipinski definition) is 1. The first-order valence-corrected chi connectivity index (χ1v) is 12.3. The number of amides is 2. The Morgan fingerprint density at radius 2 is 1.55 bits per heavy atom. The van der Waals surface area contributed by atoms with Crippen molar-refractivity contribution in [1.82, 2.24) is 9.62 Å². The lowest BCUT2D eigenvalue weighted by molar-refractivity contribution is -0.140. The number of sulfonamides is 1. The molecule has 0 radical (unpaired) electrons. The minimum Gasteiger partial charge on any atom is -0.278 e. The number of halogens is 1. The van der Waals surface area contributed by atoms with Gasteiger partial charge in [-0.3, -0.25) is 14.5 Å². The fourth-order valence-electron chi connectivity index (χ4n) is 4.46. The molecule has 0 bridgehead atoms. The molecule has 0 spiro atoms. The van der Waals surface area contributed by atoms with Gasteiger partial charge >= 0.3 is 0 Å². The van der Waals surface area contributed by atoms with Gasteiger partial charge < -0.3 is 0 Å². The first-order chi connectivity index (χ1) is 14.8. The van der Waals surface area contributed by atoms with Crippen LogP contribution in [0.15, 0.2) is 47.4 Å². The van der Waals surface area contributed by atoms with Gasteiger partial charge in [-0.1, -0.05) is 48.7 Å². The zero-order valence-electron chi connectivity index (χ0n) is 17.3. The summed E-state index contributed by atoms with van der Waals surface area (Å²) in [7, 11) is -3.77. The fraction of sp³-hybridized carbons (Fsp3) is 0.391. The van der Waals surface area contributed by atoms with Gasteiger partial charge in [-0.15, -0.1) is 0 Å². The Bertz CT molecular complexity index is 1090. The van der Waals surface area contributed by atoms with Crippen LogP contribution < -0.4 is 4.72 Å². The molecule has 4 rings (SSSR count). The van der Waals surface area contributed by atoms with Crippen molar-refractivity contribution in [2.75, 3.05) is 0 Å². The van der Waals surface area contributed by atoms with Crippen LogP contribution in [0, 0.1) is 18.8 Å². The molecule has 1 saturated carbocycles. The number of hydrogen-bond acceptors (Lipinski definition) is 4. The van der Waals surface area contributed by atoms with Crippen molar-refractivity contribution in [2.45, 2.75) is 50.6 Å². The third-order valence-corrected chi connectivity index (χ3v) is 7.99. The summed E-state index contributed by atoms with van der Waals surface area (Å²) in [5.74, 6) is -0.673. The molecular weight excluding hydrogens is 436 g/mol. The first kappa shape index (κ1) is 22.0. The van der Waals surface area contributed by atoms with E-state index in [4.69, 9.17) is 11.6 Å². The largest absolute Gasteiger partial charge is 0.278 e. The average Bonchev–Trinajstić information content (AvgIpc) is 2.99. The summed E-state index contributed by atoms with van der Waals surface area (Å²) in [6, 6.07) is 12.0. The normalized spacial score (nSPS) is 21.4. The van der Waals surface area contributed by atoms with Crippen molar-refractivity contribution < 1.29 is 18.0 Å². The number of aryl methyl sites for hydroxylation is 1. The smallest absolute Gasteiger partial charge is 0.241 e. The summed E-state index contributed by atoms with van der Waals surface area (Å²) in [5.41, 5.74) is 2.01. The number of nitrogens with one attached hydrogen (secondary N) is 1. The number of benzene rings is 2. The van der Waals surface area contributed by atoms with Gasteiger partial charge in [-0.25, -0.2) is 13.1 Å². The fourth-order valence-corrected chi connectivity index (χ4v) is 5.90. The van der Waals surface area contributed by atoms with E-state index in [2.05, 4.69) is 4.72 Å². The third kappa shape index (κ3) is 4.54. The molecule has 1 N–H and O–H groups in total. The quantitative estimate of drug-likeness (QED) is 0.664. The van der Waals surface area contributed by atoms with E-state index in [-0.39, 0.29) is 41.6 Å². The Morgan fingerprint density at radius 1 is 0.968 bits per heavy atom. The van der Waals surface area contributed by atoms with Crippen LogP contribution in [0.3, 0.4) is 0 Å². The van der Waals surface area contributed by atoms with Gasteiger partial charge in [0, 0.05) is 11.6 Å². The minimum absolute atomic E-state index is 0.102. The van der Waals surface area contributed by atoms with E-state index in [9.17, 15) is 18.0 Å². The van der Waals surface area contributed by atoms with E-state index < -0.39 is 10.0 Å². The summed E-state index contributed by atoms with van der Waals surface area (Å²) in [6.45, 7) is 1.96. The Balaban J connectivity index is 1.52. The second-order valence-corrected chi connectivity index (χ2v) is 10.5. The summed E-state index contributed by atoms with van der Waals surface area (Å²) >= 11 is 5.88. The summed E-state index contributed by atoms with van der Waals surface area (Å²) < 4.78 is 28.5. The van der Waals surface area contributed by atoms with Crippen molar-refractivity contribution in [2.24, 2.45) is 11.8 Å². The standard InChI is InChI=1S/C23H25ClN2O4S/c1-15-6-7-17(14-26-22(27)19-4-2-3-5-20(19)23(26)28)12-21(15)31(29,30)25-13-16-8-10-18(24)11-9-16/h6-12,19-20,25H,2-5,13-14H2,1H3/t19-,20-/m0/s1. The van der Waals surface area contributed by atoms with Crippen molar-refractivity contribution >= 4 is 33.4 Å². The first-order valence-electron chi connectivity index (χ1n) is 10.4. The molecule has 2 atom stereocenters. The van der Waals surface area contributed by atoms with Crippen LogP contribution in [0.5, 0.6) is 0 Å². The maximum atomic E-state index is 12.9. The van der Waals surface area contributed by atoms with Crippen LogP contribution in [0.1, 0.15) is 42.4 Å². The average molecular weight is 461 g/mol. The second kappa shape index (κ2) is 8.73. The molecule has 1 saturated heterocycles. The molecule has 164 valence electrons. The van der Waals surface area contributed by atoms with E-state index in [0.717, 1.165) is 31.2 Å². The molecule has 31 heavy (non-hydrogen) atoms. The molecule has 2 aromatic rings. The van der Waals surface area contributed by atoms with Crippen LogP contribution in [0.4, 0.5) is 0 Å². The van der Waals surface area contributed by atoms with Crippen molar-refractivity contribution in [1.29, 1.82) is 0 Å². The number of imide groups is 1. The molecule has 2 aromatic carbocycles. The van der Waals surface area contributed by atoms with E-state index in [0.29, 0.717) is 16.1 Å². The predicted molar refractivity (Wildman–Crippen MR) is 118 cm³/mol. The van der Waals surface area contributed by atoms with Crippen LogP contribution in [-0.2, 0) is 32.7 Å². The minimum atomic E-state index is -3.77. The lowest BCUT2D eigenvalue weighted by Crippen LogP contribution is -2.30. The molecule has 2 aliphatic rings. The highest BCUT2D eigenvalue weighted by molar-refractivity contribution is 7.89. The molecular formula is C23H25ClN2O4S. The van der Waals surface area contributed by atoms with E-state index in [1.54, 1.807) is 49.4 Å². The SMILES string of the molecule is Cc1ccc(CN2C(=O)[C@H]3CCCC[C@@H]3C2=O)cc1S(=O)(=O)NCc1ccc(Cl)cc1. The Kier molecular flexibility index (Phi) is 6.19. The van der Waals surface area contributed by atoms with Crippen LogP contribution in [0.25, 0.3) is 0 Å². The zero-order chi connectivity index (χ0) is 22.2. The molecule has 1 aliphatic carbocycles. The molecule has 6 nitrogen and oxygen atoms in total. The van der Waals surface area contributed by atoms with Gasteiger partial charge in [0.25, 0.3) is 0 Å². The summed E-state index contributed by atoms with van der Waals surface area (Å²) in [6.07, 6.45) is 3.46. The molecule has 0 aromatic heterocycles. The lowest BCUT2D eigenvalue weighted by Gasteiger charge is -2.19. The lowest BCUT2D eigenvalue weighted by atomic mass is 9.81. The van der Waals surface area contributed by atoms with Crippen LogP contribution in [0.2, 0.25) is 5.02 Å². The van der Waals surface area contributed by atoms with Gasteiger partial charge in [-0.2, -0.15) is 0 Å². The monoisotopic (exact) mass is 460 g/mol. The Labute approximate surface area is 187 Å². The molecule has 2 fully saturated rings. The van der Waals surface area contributed by atoms with Crippen molar-refractivity contribution in [3.05, 3.63) is 64.2 Å². The molecule has 1 heterocycles. The number of nitrogens with zero attached hydrogens (tertiary/aromatic N) is 1. The topological polar surface area (TPSA) is 83.6 Å². The molecule has 2 amide bonds. The highest BCUT2D eigenvalue weighted by Crippen LogP contribution is 2.38. The molecule has 8 heteroatoms. The number of carbonyl (C=O) groups excluding carboxylic acids is 2. The van der Waals surface area contributed by atoms with Gasteiger partial charge in [0.05, 0.1) is 23.3 Å². The van der Waals surface area contributed by atoms with Gasteiger partial charge in [0.15, 0.2) is 0 Å². The van der Waals surface area contributed by atoms with Gasteiger partial charge in [0.2, 0.25) is 21.8 Å². The van der Waals surface area contributed by atoms with Crippen LogP contribution >= 0.6 is 11.6 Å². The number of fused-ring (bicyclic) bond motifs is 1. The molecule has 1 aliphatic heterocycles. The summed E-state index contributed by atoms with van der Waals surface area (Å²) in [4.78, 5) is 27.0. The van der Waals surface area contributed by atoms with E-state index in [1.165, 1.54) is 4.90 Å². The third-order valence-electron chi connectivity index (χ3n) is 6.19. The maximum absolute atomic E-state index is 12.9. The van der Waals surface area contributed by atoms with Crippen molar-refractivity contribution in [3.8, 4) is 0 Å². The van der Waals surface area contributed by atoms with E-state index >= 15 is 0 Å². The highest BCUT2D eigenvalue weighted by atomic mass is 35.5. The predicted octanol–water partition coefficient (Wildman–Crippen LogP) is 3.80. The van der Waals surface area contributed by atoms with Gasteiger partial charge in [-0.05, 0) is 54.7 Å².